The molecule has 0 atom stereocenters. The number of nitrogens with zero attached hydrogens (tertiary/aromatic N) is 1. The normalized spacial score (nSPS) is 12.4. The average Bonchev–Trinajstić information content (AvgIpc) is 2.70. The number of nitrogens with one attached hydrogen (secondary N) is 3. The van der Waals surface area contributed by atoms with Crippen LogP contribution in [0.15, 0.2) is 21.7 Å². The van der Waals surface area contributed by atoms with Gasteiger partial charge in [0, 0.05) is 6.54 Å². The number of benzene rings is 1. The predicted molar refractivity (Wildman–Crippen MR) is 126 cm³/mol. The lowest BCUT2D eigenvalue weighted by molar-refractivity contribution is 0.557. The molecule has 0 unspecified atom stereocenters. The standard InChI is InChI=1S/C24H36N4O2/c1-4-5-6-7-8-9-10-11-12-13-14-28-20-16-18(3)17(2)15-19(20)25-21-22(28)26-24(30)27-23(21)29/h15-16,25H,4-14H2,1-3H3,(H2,26,27,29,30). The van der Waals surface area contributed by atoms with E-state index in [1.807, 2.05) is 0 Å². The maximum absolute atomic E-state index is 12.4. The number of aromatic amines is 2. The summed E-state index contributed by atoms with van der Waals surface area (Å²) in [7, 11) is 0. The summed E-state index contributed by atoms with van der Waals surface area (Å²) in [6.45, 7) is 7.18. The van der Waals surface area contributed by atoms with Crippen molar-refractivity contribution in [2.45, 2.75) is 85.0 Å². The summed E-state index contributed by atoms with van der Waals surface area (Å²) < 4.78 is 0. The molecule has 3 rings (SSSR count). The first-order valence-electron chi connectivity index (χ1n) is 11.5. The van der Waals surface area contributed by atoms with Gasteiger partial charge in [-0.3, -0.25) is 14.8 Å². The van der Waals surface area contributed by atoms with Gasteiger partial charge < -0.3 is 10.2 Å². The van der Waals surface area contributed by atoms with Crippen LogP contribution >= 0.6 is 0 Å². The molecule has 164 valence electrons. The lowest BCUT2D eigenvalue weighted by atomic mass is 10.0. The van der Waals surface area contributed by atoms with Crippen molar-refractivity contribution in [3.8, 4) is 0 Å². The Balaban J connectivity index is 1.62. The molecule has 0 saturated heterocycles. The van der Waals surface area contributed by atoms with Crippen LogP contribution in [0.4, 0.5) is 22.9 Å². The number of H-pyrrole nitrogens is 2. The molecular weight excluding hydrogens is 376 g/mol. The Morgan fingerprint density at radius 3 is 2.07 bits per heavy atom. The second-order valence-electron chi connectivity index (χ2n) is 8.54. The lowest BCUT2D eigenvalue weighted by Gasteiger charge is -2.33. The van der Waals surface area contributed by atoms with Crippen LogP contribution in [0, 0.1) is 13.8 Å². The van der Waals surface area contributed by atoms with E-state index in [4.69, 9.17) is 0 Å². The fourth-order valence-electron chi connectivity index (χ4n) is 4.16. The van der Waals surface area contributed by atoms with E-state index in [0.29, 0.717) is 11.5 Å². The zero-order valence-corrected chi connectivity index (χ0v) is 18.7. The number of fused-ring (bicyclic) bond motifs is 2. The number of aryl methyl sites for hydroxylation is 2. The van der Waals surface area contributed by atoms with Crippen molar-refractivity contribution < 1.29 is 0 Å². The van der Waals surface area contributed by atoms with Crippen molar-refractivity contribution in [1.82, 2.24) is 9.97 Å². The molecule has 2 aromatic rings. The first-order chi connectivity index (χ1) is 14.5. The van der Waals surface area contributed by atoms with Crippen LogP contribution in [0.5, 0.6) is 0 Å². The van der Waals surface area contributed by atoms with Crippen molar-refractivity contribution >= 4 is 22.9 Å². The fraction of sp³-hybridized carbons (Fsp3) is 0.583. The largest absolute Gasteiger partial charge is 0.346 e. The molecule has 0 bridgehead atoms. The van der Waals surface area contributed by atoms with Gasteiger partial charge in [-0.15, -0.1) is 0 Å². The zero-order valence-electron chi connectivity index (χ0n) is 18.7. The zero-order chi connectivity index (χ0) is 21.5. The van der Waals surface area contributed by atoms with Crippen LogP contribution in [0.1, 0.15) is 82.3 Å². The summed E-state index contributed by atoms with van der Waals surface area (Å²) in [6, 6.07) is 4.21. The number of rotatable bonds is 11. The SMILES string of the molecule is CCCCCCCCCCCCN1c2cc(C)c(C)cc2Nc2c1[nH]c(=O)[nH]c2=O. The minimum Gasteiger partial charge on any atom is -0.346 e. The van der Waals surface area contributed by atoms with Gasteiger partial charge in [-0.25, -0.2) is 4.79 Å². The quantitative estimate of drug-likeness (QED) is 0.408. The van der Waals surface area contributed by atoms with Crippen LogP contribution in [0.2, 0.25) is 0 Å². The smallest absolute Gasteiger partial charge is 0.327 e. The van der Waals surface area contributed by atoms with Crippen LogP contribution in [-0.2, 0) is 0 Å². The van der Waals surface area contributed by atoms with E-state index in [0.717, 1.165) is 30.8 Å². The molecule has 2 heterocycles. The Hall–Kier alpha value is -2.50. The van der Waals surface area contributed by atoms with E-state index in [9.17, 15) is 9.59 Å². The number of anilines is 4. The minimum absolute atomic E-state index is 0.384. The Labute approximate surface area is 179 Å². The number of unbranched alkanes of at least 4 members (excludes halogenated alkanes) is 9. The maximum atomic E-state index is 12.4. The molecule has 0 saturated carbocycles. The lowest BCUT2D eigenvalue weighted by Crippen LogP contribution is -2.34. The first kappa shape index (κ1) is 22.2. The van der Waals surface area contributed by atoms with Gasteiger partial charge in [0.25, 0.3) is 5.56 Å². The summed E-state index contributed by atoms with van der Waals surface area (Å²) in [5.74, 6) is 0.565. The maximum Gasteiger partial charge on any atom is 0.327 e. The average molecular weight is 413 g/mol. The van der Waals surface area contributed by atoms with Gasteiger partial charge in [0.05, 0.1) is 11.4 Å². The van der Waals surface area contributed by atoms with Gasteiger partial charge in [0.1, 0.15) is 11.5 Å². The van der Waals surface area contributed by atoms with E-state index in [2.05, 4.69) is 53.1 Å². The third-order valence-electron chi connectivity index (χ3n) is 6.09. The summed E-state index contributed by atoms with van der Waals surface area (Å²) in [4.78, 5) is 31.5. The summed E-state index contributed by atoms with van der Waals surface area (Å²) >= 11 is 0. The Bertz CT molecular complexity index is 961. The van der Waals surface area contributed by atoms with Gasteiger partial charge in [0.15, 0.2) is 0 Å². The molecule has 6 nitrogen and oxygen atoms in total. The molecule has 0 spiro atoms. The highest BCUT2D eigenvalue weighted by atomic mass is 16.2. The molecule has 0 amide bonds. The number of hydrogen-bond donors (Lipinski definition) is 3. The second-order valence-corrected chi connectivity index (χ2v) is 8.54. The van der Waals surface area contributed by atoms with Crippen LogP contribution < -0.4 is 21.5 Å². The van der Waals surface area contributed by atoms with Crippen molar-refractivity contribution in [2.24, 2.45) is 0 Å². The highest BCUT2D eigenvalue weighted by molar-refractivity contribution is 5.90. The Morgan fingerprint density at radius 2 is 1.40 bits per heavy atom. The highest BCUT2D eigenvalue weighted by Gasteiger charge is 2.26. The molecule has 0 fully saturated rings. The van der Waals surface area contributed by atoms with E-state index in [-0.39, 0.29) is 5.56 Å². The summed E-state index contributed by atoms with van der Waals surface area (Å²) in [6.07, 6.45) is 12.8. The minimum atomic E-state index is -0.471. The summed E-state index contributed by atoms with van der Waals surface area (Å²) in [5, 5.41) is 3.22. The third-order valence-corrected chi connectivity index (χ3v) is 6.09. The van der Waals surface area contributed by atoms with E-state index in [1.165, 1.54) is 62.5 Å². The van der Waals surface area contributed by atoms with Gasteiger partial charge in [-0.05, 0) is 43.5 Å². The first-order valence-corrected chi connectivity index (χ1v) is 11.5. The monoisotopic (exact) mass is 412 g/mol. The molecule has 1 aliphatic heterocycles. The molecule has 3 N–H and O–H groups in total. The molecule has 0 radical (unpaired) electrons. The van der Waals surface area contributed by atoms with Crippen molar-refractivity contribution in [3.05, 3.63) is 44.1 Å². The van der Waals surface area contributed by atoms with Crippen molar-refractivity contribution in [2.75, 3.05) is 16.8 Å². The van der Waals surface area contributed by atoms with E-state index >= 15 is 0 Å². The van der Waals surface area contributed by atoms with Crippen LogP contribution in [-0.4, -0.2) is 16.5 Å². The van der Waals surface area contributed by atoms with E-state index in [1.54, 1.807) is 0 Å². The Morgan fingerprint density at radius 1 is 0.800 bits per heavy atom. The molecule has 1 aliphatic rings. The predicted octanol–water partition coefficient (Wildman–Crippen LogP) is 5.80. The third kappa shape index (κ3) is 5.35. The fourth-order valence-corrected chi connectivity index (χ4v) is 4.16. The molecule has 30 heavy (non-hydrogen) atoms. The highest BCUT2D eigenvalue weighted by Crippen LogP contribution is 2.41. The van der Waals surface area contributed by atoms with Crippen molar-refractivity contribution in [1.29, 1.82) is 0 Å². The van der Waals surface area contributed by atoms with Crippen LogP contribution in [0.3, 0.4) is 0 Å². The molecule has 0 aliphatic carbocycles. The molecule has 1 aromatic heterocycles. The van der Waals surface area contributed by atoms with Gasteiger partial charge in [-0.1, -0.05) is 64.7 Å². The van der Waals surface area contributed by atoms with Gasteiger partial charge in [0.2, 0.25) is 0 Å². The number of aromatic nitrogens is 2. The van der Waals surface area contributed by atoms with Gasteiger partial charge in [-0.2, -0.15) is 0 Å². The van der Waals surface area contributed by atoms with E-state index < -0.39 is 5.69 Å². The molecule has 1 aromatic carbocycles. The summed E-state index contributed by atoms with van der Waals surface area (Å²) in [5.41, 5.74) is 3.85. The Kier molecular flexibility index (Phi) is 7.77. The number of hydrogen-bond acceptors (Lipinski definition) is 4. The topological polar surface area (TPSA) is 81.0 Å². The van der Waals surface area contributed by atoms with Gasteiger partial charge >= 0.3 is 5.69 Å². The molecular formula is C24H36N4O2. The second kappa shape index (κ2) is 10.5. The van der Waals surface area contributed by atoms with Crippen molar-refractivity contribution in [3.63, 3.8) is 0 Å². The molecule has 6 heteroatoms. The van der Waals surface area contributed by atoms with Crippen LogP contribution in [0.25, 0.3) is 0 Å².